The summed E-state index contributed by atoms with van der Waals surface area (Å²) in [5.41, 5.74) is 6.84. The Morgan fingerprint density at radius 2 is 1.95 bits per heavy atom. The average molecular weight is 527 g/mol. The minimum absolute atomic E-state index is 0.00589. The first-order valence-corrected chi connectivity index (χ1v) is 11.8. The van der Waals surface area contributed by atoms with Crippen molar-refractivity contribution in [3.8, 4) is 6.01 Å². The number of halogens is 3. The fourth-order valence-corrected chi connectivity index (χ4v) is 3.97. The van der Waals surface area contributed by atoms with E-state index in [1.165, 1.54) is 4.90 Å². The zero-order valence-electron chi connectivity index (χ0n) is 20.4. The van der Waals surface area contributed by atoms with Crippen molar-refractivity contribution in [2.45, 2.75) is 45.5 Å². The largest absolute Gasteiger partial charge is 0.465 e. The van der Waals surface area contributed by atoms with Crippen LogP contribution in [0, 0.1) is 10.1 Å². The van der Waals surface area contributed by atoms with Crippen molar-refractivity contribution in [1.29, 1.82) is 0 Å². The Morgan fingerprint density at radius 1 is 1.24 bits per heavy atom. The van der Waals surface area contributed by atoms with Gasteiger partial charge in [-0.2, -0.15) is 23.1 Å². The number of aromatic nitrogens is 2. The summed E-state index contributed by atoms with van der Waals surface area (Å²) in [5, 5.41) is 11.8. The molecule has 0 unspecified atom stereocenters. The summed E-state index contributed by atoms with van der Waals surface area (Å²) in [7, 11) is 0. The van der Waals surface area contributed by atoms with Crippen LogP contribution in [0.4, 0.5) is 30.5 Å². The lowest BCUT2D eigenvalue weighted by Crippen LogP contribution is -2.32. The first-order chi connectivity index (χ1) is 17.6. The highest BCUT2D eigenvalue weighted by molar-refractivity contribution is 5.78. The molecule has 2 aromatic rings. The second kappa shape index (κ2) is 12.5. The van der Waals surface area contributed by atoms with Crippen molar-refractivity contribution < 1.29 is 32.4 Å². The summed E-state index contributed by atoms with van der Waals surface area (Å²) in [6.07, 6.45) is -3.48. The van der Waals surface area contributed by atoms with Crippen LogP contribution in [-0.2, 0) is 22.6 Å². The SMILES string of the molecule is CCOC(=O)CN(Cc1cccc(CN2CCCC2)c1)c1nc(OCCC(F)(F)F)nc(N)c1[N+](=O)[O-]. The highest BCUT2D eigenvalue weighted by Gasteiger charge is 2.31. The Morgan fingerprint density at radius 3 is 2.59 bits per heavy atom. The molecule has 1 aliphatic rings. The number of nitrogens with zero attached hydrogens (tertiary/aromatic N) is 5. The smallest absolute Gasteiger partial charge is 0.392 e. The first kappa shape index (κ1) is 27.9. The molecule has 1 aromatic heterocycles. The van der Waals surface area contributed by atoms with Gasteiger partial charge in [0.25, 0.3) is 0 Å². The van der Waals surface area contributed by atoms with Gasteiger partial charge in [0.05, 0.1) is 18.0 Å². The highest BCUT2D eigenvalue weighted by atomic mass is 19.4. The Hall–Kier alpha value is -3.68. The molecule has 37 heavy (non-hydrogen) atoms. The molecule has 0 radical (unpaired) electrons. The molecule has 0 bridgehead atoms. The van der Waals surface area contributed by atoms with E-state index < -0.39 is 54.2 Å². The van der Waals surface area contributed by atoms with Gasteiger partial charge in [0.2, 0.25) is 11.6 Å². The lowest BCUT2D eigenvalue weighted by Gasteiger charge is -2.24. The number of rotatable bonds is 12. The van der Waals surface area contributed by atoms with Gasteiger partial charge in [-0.05, 0) is 44.0 Å². The number of hydrogen-bond acceptors (Lipinski definition) is 10. The van der Waals surface area contributed by atoms with E-state index in [2.05, 4.69) is 14.9 Å². The zero-order valence-corrected chi connectivity index (χ0v) is 20.4. The van der Waals surface area contributed by atoms with Crippen LogP contribution in [0.15, 0.2) is 24.3 Å². The van der Waals surface area contributed by atoms with Gasteiger partial charge in [-0.15, -0.1) is 0 Å². The van der Waals surface area contributed by atoms with Crippen LogP contribution in [0.5, 0.6) is 6.01 Å². The topological polar surface area (TPSA) is 137 Å². The number of benzene rings is 1. The van der Waals surface area contributed by atoms with Gasteiger partial charge in [0.15, 0.2) is 0 Å². The minimum Gasteiger partial charge on any atom is -0.465 e. The summed E-state index contributed by atoms with van der Waals surface area (Å²) >= 11 is 0. The molecule has 0 atom stereocenters. The van der Waals surface area contributed by atoms with Crippen LogP contribution in [0.2, 0.25) is 0 Å². The van der Waals surface area contributed by atoms with Crippen LogP contribution in [0.1, 0.15) is 37.3 Å². The number of nitrogens with two attached hydrogens (primary N) is 1. The maximum Gasteiger partial charge on any atom is 0.392 e. The molecule has 202 valence electrons. The molecule has 0 amide bonds. The van der Waals surface area contributed by atoms with Gasteiger partial charge in [0.1, 0.15) is 13.2 Å². The molecule has 14 heteroatoms. The molecule has 3 rings (SSSR count). The summed E-state index contributed by atoms with van der Waals surface area (Å²) in [4.78, 5) is 34.6. The van der Waals surface area contributed by atoms with Gasteiger partial charge in [-0.3, -0.25) is 19.8 Å². The highest BCUT2D eigenvalue weighted by Crippen LogP contribution is 2.34. The van der Waals surface area contributed by atoms with E-state index in [1.54, 1.807) is 13.0 Å². The summed E-state index contributed by atoms with van der Waals surface area (Å²) in [5.74, 6) is -1.65. The maximum atomic E-state index is 12.5. The van der Waals surface area contributed by atoms with Gasteiger partial charge >= 0.3 is 23.8 Å². The number of carbonyl (C=O) groups excluding carboxylic acids is 1. The number of nitro groups is 1. The van der Waals surface area contributed by atoms with E-state index in [-0.39, 0.29) is 19.0 Å². The van der Waals surface area contributed by atoms with Crippen LogP contribution >= 0.6 is 0 Å². The van der Waals surface area contributed by atoms with Crippen molar-refractivity contribution in [3.05, 3.63) is 45.5 Å². The van der Waals surface area contributed by atoms with Gasteiger partial charge < -0.3 is 20.1 Å². The molecule has 0 saturated carbocycles. The Balaban J connectivity index is 1.93. The molecule has 1 fully saturated rings. The summed E-state index contributed by atoms with van der Waals surface area (Å²) < 4.78 is 47.6. The minimum atomic E-state index is -4.48. The Labute approximate surface area is 211 Å². The van der Waals surface area contributed by atoms with Crippen LogP contribution in [0.3, 0.4) is 0 Å². The van der Waals surface area contributed by atoms with E-state index in [1.807, 2.05) is 18.2 Å². The second-order valence-electron chi connectivity index (χ2n) is 8.50. The van der Waals surface area contributed by atoms with E-state index in [0.717, 1.165) is 43.6 Å². The van der Waals surface area contributed by atoms with Crippen LogP contribution in [-0.4, -0.2) is 64.8 Å². The second-order valence-corrected chi connectivity index (χ2v) is 8.50. The third kappa shape index (κ3) is 8.44. The molecule has 0 aliphatic carbocycles. The standard InChI is InChI=1S/C23H29F3N6O5/c1-2-36-18(33)15-31(14-17-7-5-6-16(12-17)13-30-9-3-4-10-30)21-19(32(34)35)20(27)28-22(29-21)37-11-8-23(24,25)26/h5-7,12H,2-4,8-11,13-15H2,1H3,(H2,27,28,29). The molecule has 11 nitrogen and oxygen atoms in total. The molecular formula is C23H29F3N6O5. The van der Waals surface area contributed by atoms with Crippen molar-refractivity contribution in [2.75, 3.05) is 43.5 Å². The average Bonchev–Trinajstić information content (AvgIpc) is 3.30. The number of carbonyl (C=O) groups is 1. The van der Waals surface area contributed by atoms with Crippen molar-refractivity contribution in [3.63, 3.8) is 0 Å². The van der Waals surface area contributed by atoms with Crippen LogP contribution in [0.25, 0.3) is 0 Å². The molecule has 0 spiro atoms. The van der Waals surface area contributed by atoms with E-state index >= 15 is 0 Å². The molecule has 2 heterocycles. The van der Waals surface area contributed by atoms with E-state index in [9.17, 15) is 28.1 Å². The first-order valence-electron chi connectivity index (χ1n) is 11.8. The normalized spacial score (nSPS) is 13.9. The number of likely N-dealkylation sites (tertiary alicyclic amines) is 1. The fourth-order valence-electron chi connectivity index (χ4n) is 3.97. The summed E-state index contributed by atoms with van der Waals surface area (Å²) in [6.45, 7) is 3.21. The summed E-state index contributed by atoms with van der Waals surface area (Å²) in [6, 6.07) is 6.96. The lowest BCUT2D eigenvalue weighted by molar-refractivity contribution is -0.383. The number of alkyl halides is 3. The number of nitrogen functional groups attached to an aromatic ring is 1. The van der Waals surface area contributed by atoms with Crippen molar-refractivity contribution in [1.82, 2.24) is 14.9 Å². The lowest BCUT2D eigenvalue weighted by atomic mass is 10.1. The number of esters is 1. The van der Waals surface area contributed by atoms with E-state index in [0.29, 0.717) is 0 Å². The molecule has 1 saturated heterocycles. The number of hydrogen-bond donors (Lipinski definition) is 1. The van der Waals surface area contributed by atoms with Gasteiger partial charge in [-0.25, -0.2) is 0 Å². The zero-order chi connectivity index (χ0) is 27.0. The Kier molecular flexibility index (Phi) is 9.44. The predicted molar refractivity (Wildman–Crippen MR) is 128 cm³/mol. The maximum absolute atomic E-state index is 12.5. The quantitative estimate of drug-likeness (QED) is 0.249. The Bertz CT molecular complexity index is 1100. The third-order valence-electron chi connectivity index (χ3n) is 5.57. The van der Waals surface area contributed by atoms with Crippen molar-refractivity contribution >= 4 is 23.3 Å². The van der Waals surface area contributed by atoms with E-state index in [4.69, 9.17) is 15.2 Å². The monoisotopic (exact) mass is 526 g/mol. The van der Waals surface area contributed by atoms with Gasteiger partial charge in [0, 0.05) is 13.1 Å². The van der Waals surface area contributed by atoms with Crippen molar-refractivity contribution in [2.24, 2.45) is 0 Å². The number of ether oxygens (including phenoxy) is 2. The fraction of sp³-hybridized carbons (Fsp3) is 0.522. The molecule has 1 aromatic carbocycles. The van der Waals surface area contributed by atoms with Crippen LogP contribution < -0.4 is 15.4 Å². The third-order valence-corrected chi connectivity index (χ3v) is 5.57. The number of anilines is 2. The van der Waals surface area contributed by atoms with Gasteiger partial charge in [-0.1, -0.05) is 24.3 Å². The molecule has 2 N–H and O–H groups in total. The molecular weight excluding hydrogens is 497 g/mol. The molecule has 1 aliphatic heterocycles. The predicted octanol–water partition coefficient (Wildman–Crippen LogP) is 3.46.